The highest BCUT2D eigenvalue weighted by atomic mass is 32.1. The van der Waals surface area contributed by atoms with E-state index in [4.69, 9.17) is 0 Å². The summed E-state index contributed by atoms with van der Waals surface area (Å²) >= 11 is 1.21. The molecule has 2 amide bonds. The van der Waals surface area contributed by atoms with Crippen LogP contribution in [0.1, 0.15) is 47.6 Å². The molecule has 182 valence electrons. The van der Waals surface area contributed by atoms with E-state index in [0.717, 1.165) is 46.9 Å². The smallest absolute Gasteiger partial charge is 0.326 e. The highest BCUT2D eigenvalue weighted by Gasteiger charge is 2.22. The molecule has 35 heavy (non-hydrogen) atoms. The van der Waals surface area contributed by atoms with Gasteiger partial charge in [0.1, 0.15) is 6.04 Å². The van der Waals surface area contributed by atoms with E-state index in [1.807, 2.05) is 30.3 Å². The van der Waals surface area contributed by atoms with Crippen molar-refractivity contribution in [2.24, 2.45) is 4.99 Å². The molecule has 0 fully saturated rings. The number of unbranched alkanes of at least 4 members (excludes halogenated alkanes) is 1. The minimum Gasteiger partial charge on any atom is -0.480 e. The van der Waals surface area contributed by atoms with E-state index in [2.05, 4.69) is 31.7 Å². The molecule has 3 N–H and O–H groups in total. The maximum Gasteiger partial charge on any atom is 0.326 e. The molecule has 0 saturated heterocycles. The van der Waals surface area contributed by atoms with Crippen LogP contribution in [-0.2, 0) is 16.0 Å². The molecule has 0 spiro atoms. The van der Waals surface area contributed by atoms with Crippen LogP contribution in [-0.4, -0.2) is 52.0 Å². The van der Waals surface area contributed by atoms with E-state index in [1.165, 1.54) is 11.3 Å². The number of amides is 2. The van der Waals surface area contributed by atoms with Gasteiger partial charge in [0.25, 0.3) is 5.91 Å². The van der Waals surface area contributed by atoms with Crippen molar-refractivity contribution in [2.75, 3.05) is 13.1 Å². The van der Waals surface area contributed by atoms with Gasteiger partial charge in [0.2, 0.25) is 5.91 Å². The molecule has 1 aliphatic rings. The van der Waals surface area contributed by atoms with Crippen molar-refractivity contribution in [3.05, 3.63) is 57.8 Å². The number of fused-ring (bicyclic) bond motifs is 2. The number of carbonyl (C=O) groups is 3. The highest BCUT2D eigenvalue weighted by Crippen LogP contribution is 2.21. The molecule has 4 rings (SSSR count). The molecule has 0 aliphatic carbocycles. The lowest BCUT2D eigenvalue weighted by molar-refractivity contribution is -0.139. The number of benzene rings is 1. The summed E-state index contributed by atoms with van der Waals surface area (Å²) in [5, 5.41) is 16.0. The summed E-state index contributed by atoms with van der Waals surface area (Å²) in [6.45, 7) is 0.929. The summed E-state index contributed by atoms with van der Waals surface area (Å²) in [6.07, 6.45) is 5.81. The molecular weight excluding hydrogens is 466 g/mol. The largest absolute Gasteiger partial charge is 0.480 e. The average molecular weight is 494 g/mol. The Morgan fingerprint density at radius 3 is 2.77 bits per heavy atom. The summed E-state index contributed by atoms with van der Waals surface area (Å²) < 4.78 is 0.854. The van der Waals surface area contributed by atoms with Crippen molar-refractivity contribution >= 4 is 45.4 Å². The van der Waals surface area contributed by atoms with Crippen molar-refractivity contribution in [3.63, 3.8) is 0 Å². The lowest BCUT2D eigenvalue weighted by Crippen LogP contribution is -2.43. The third-order valence-corrected chi connectivity index (χ3v) is 6.69. The van der Waals surface area contributed by atoms with Gasteiger partial charge in [-0.2, -0.15) is 0 Å². The number of hydrogen-bond donors (Lipinski definition) is 3. The van der Waals surface area contributed by atoms with Crippen molar-refractivity contribution in [1.82, 2.24) is 20.6 Å². The van der Waals surface area contributed by atoms with Crippen LogP contribution in [0.2, 0.25) is 0 Å². The topological polar surface area (TPSA) is 134 Å². The first kappa shape index (κ1) is 24.5. The zero-order valence-electron chi connectivity index (χ0n) is 19.2. The molecule has 0 saturated carbocycles. The SMILES string of the molecule is O=C(CCCCc1ccc2c(n1)=NCCC=2)NCC[C@H](NC(=O)c1nc2ccccc2s1)C(=O)O. The van der Waals surface area contributed by atoms with Gasteiger partial charge in [-0.3, -0.25) is 14.6 Å². The zero-order valence-corrected chi connectivity index (χ0v) is 20.0. The maximum absolute atomic E-state index is 12.5. The van der Waals surface area contributed by atoms with Gasteiger partial charge in [-0.1, -0.05) is 18.2 Å². The molecule has 2 aromatic heterocycles. The summed E-state index contributed by atoms with van der Waals surface area (Å²) in [5.74, 6) is -1.84. The number of carboxylic acids is 1. The van der Waals surface area contributed by atoms with Gasteiger partial charge >= 0.3 is 5.97 Å². The Balaban J connectivity index is 1.17. The lowest BCUT2D eigenvalue weighted by atomic mass is 10.1. The third-order valence-electron chi connectivity index (χ3n) is 5.65. The van der Waals surface area contributed by atoms with E-state index in [9.17, 15) is 19.5 Å². The van der Waals surface area contributed by atoms with Crippen molar-refractivity contribution in [3.8, 4) is 0 Å². The number of thiazole rings is 1. The normalized spacial score (nSPS) is 13.3. The van der Waals surface area contributed by atoms with Gasteiger partial charge < -0.3 is 15.7 Å². The van der Waals surface area contributed by atoms with Crippen molar-refractivity contribution in [2.45, 2.75) is 44.6 Å². The van der Waals surface area contributed by atoms with Crippen LogP contribution in [0.25, 0.3) is 16.3 Å². The van der Waals surface area contributed by atoms with Crippen molar-refractivity contribution < 1.29 is 19.5 Å². The molecule has 0 unspecified atom stereocenters. The molecular formula is C25H27N5O4S. The summed E-state index contributed by atoms with van der Waals surface area (Å²) in [4.78, 5) is 49.5. The molecule has 3 heterocycles. The fourth-order valence-electron chi connectivity index (χ4n) is 3.80. The Morgan fingerprint density at radius 1 is 1.09 bits per heavy atom. The Morgan fingerprint density at radius 2 is 1.94 bits per heavy atom. The quantitative estimate of drug-likeness (QED) is 0.348. The fraction of sp³-hybridized carbons (Fsp3) is 0.360. The van der Waals surface area contributed by atoms with Crippen LogP contribution in [0.15, 0.2) is 41.4 Å². The van der Waals surface area contributed by atoms with Gasteiger partial charge in [-0.15, -0.1) is 11.3 Å². The Kier molecular flexibility index (Phi) is 8.15. The molecule has 1 aromatic carbocycles. The number of para-hydroxylation sites is 1. The second-order valence-electron chi connectivity index (χ2n) is 8.29. The molecule has 0 radical (unpaired) electrons. The fourth-order valence-corrected chi connectivity index (χ4v) is 4.67. The first-order valence-electron chi connectivity index (χ1n) is 11.7. The lowest BCUT2D eigenvalue weighted by Gasteiger charge is -2.14. The van der Waals surface area contributed by atoms with Crippen LogP contribution < -0.4 is 21.3 Å². The Bertz CT molecular complexity index is 1320. The molecule has 0 bridgehead atoms. The van der Waals surface area contributed by atoms with Gasteiger partial charge in [-0.25, -0.2) is 14.8 Å². The summed E-state index contributed by atoms with van der Waals surface area (Å²) in [6, 6.07) is 10.3. The van der Waals surface area contributed by atoms with Gasteiger partial charge in [-0.05, 0) is 56.4 Å². The number of rotatable bonds is 11. The number of carbonyl (C=O) groups excluding carboxylic acids is 2. The Hall–Kier alpha value is -3.66. The summed E-state index contributed by atoms with van der Waals surface area (Å²) in [5.41, 5.74) is 2.46. The van der Waals surface area contributed by atoms with Crippen LogP contribution >= 0.6 is 11.3 Å². The molecule has 1 aliphatic heterocycles. The number of aromatic nitrogens is 2. The minimum atomic E-state index is -1.16. The van der Waals surface area contributed by atoms with Crippen LogP contribution in [0.5, 0.6) is 0 Å². The number of nitrogens with one attached hydrogen (secondary N) is 2. The minimum absolute atomic E-state index is 0.0806. The van der Waals surface area contributed by atoms with Gasteiger partial charge in [0.15, 0.2) is 10.5 Å². The van der Waals surface area contributed by atoms with Crippen LogP contribution in [0.3, 0.4) is 0 Å². The first-order valence-corrected chi connectivity index (χ1v) is 12.5. The number of aryl methyl sites for hydroxylation is 1. The average Bonchev–Trinajstić information content (AvgIpc) is 3.30. The van der Waals surface area contributed by atoms with E-state index < -0.39 is 17.9 Å². The van der Waals surface area contributed by atoms with E-state index in [1.54, 1.807) is 6.07 Å². The molecule has 9 nitrogen and oxygen atoms in total. The molecule has 1 atom stereocenters. The van der Waals surface area contributed by atoms with E-state index >= 15 is 0 Å². The molecule has 3 aromatic rings. The third kappa shape index (κ3) is 6.69. The Labute approximate surface area is 206 Å². The van der Waals surface area contributed by atoms with Gasteiger partial charge in [0.05, 0.1) is 10.2 Å². The number of aliphatic carboxylic acids is 1. The predicted octanol–water partition coefficient (Wildman–Crippen LogP) is 1.60. The molecule has 10 heteroatoms. The maximum atomic E-state index is 12.5. The van der Waals surface area contributed by atoms with Crippen LogP contribution in [0, 0.1) is 0 Å². The van der Waals surface area contributed by atoms with Crippen molar-refractivity contribution in [1.29, 1.82) is 0 Å². The number of hydrogen-bond acceptors (Lipinski definition) is 7. The summed E-state index contributed by atoms with van der Waals surface area (Å²) in [7, 11) is 0. The second-order valence-corrected chi connectivity index (χ2v) is 9.32. The van der Waals surface area contributed by atoms with E-state index in [-0.39, 0.29) is 23.9 Å². The zero-order chi connectivity index (χ0) is 24.6. The number of carboxylic acid groups (broad SMARTS) is 1. The monoisotopic (exact) mass is 493 g/mol. The highest BCUT2D eigenvalue weighted by molar-refractivity contribution is 7.20. The standard InChI is InChI=1S/C25H27N5O4S/c31-21(10-4-1-7-17-12-11-16-6-5-14-27-22(16)28-17)26-15-13-19(25(33)34)29-23(32)24-30-18-8-2-3-9-20(18)35-24/h2-3,6,8-9,11-12,19H,1,4-5,7,10,13-15H2,(H,26,31)(H,29,32)(H,33,34)/t19-/m0/s1. The van der Waals surface area contributed by atoms with Gasteiger partial charge in [0, 0.05) is 30.4 Å². The first-order chi connectivity index (χ1) is 17.0. The van der Waals surface area contributed by atoms with E-state index in [0.29, 0.717) is 18.4 Å². The second kappa shape index (κ2) is 11.7. The number of nitrogens with zero attached hydrogens (tertiary/aromatic N) is 3. The van der Waals surface area contributed by atoms with Crippen LogP contribution in [0.4, 0.5) is 0 Å². The predicted molar refractivity (Wildman–Crippen MR) is 133 cm³/mol. The number of pyridine rings is 1.